The fourth-order valence-electron chi connectivity index (χ4n) is 0.917. The third-order valence-corrected chi connectivity index (χ3v) is 2.82. The molecule has 0 aromatic heterocycles. The molecule has 0 N–H and O–H groups in total. The Morgan fingerprint density at radius 1 is 1.57 bits per heavy atom. The van der Waals surface area contributed by atoms with E-state index in [-0.39, 0.29) is 10.2 Å². The standard InChI is InChI=1S/C7H4Br2FNO3/c1-14-7-3(8)2-4(10)6(5(7)9)11(12)13/h2H,1H3. The van der Waals surface area contributed by atoms with E-state index in [1.54, 1.807) is 0 Å². The van der Waals surface area contributed by atoms with E-state index in [0.29, 0.717) is 4.47 Å². The third-order valence-electron chi connectivity index (χ3n) is 1.49. The van der Waals surface area contributed by atoms with Crippen molar-refractivity contribution >= 4 is 37.5 Å². The van der Waals surface area contributed by atoms with Gasteiger partial charge in [-0.15, -0.1) is 0 Å². The van der Waals surface area contributed by atoms with Crippen LogP contribution in [0.2, 0.25) is 0 Å². The fraction of sp³-hybridized carbons (Fsp3) is 0.143. The van der Waals surface area contributed by atoms with E-state index in [1.807, 2.05) is 0 Å². The van der Waals surface area contributed by atoms with Crippen molar-refractivity contribution in [3.63, 3.8) is 0 Å². The van der Waals surface area contributed by atoms with Gasteiger partial charge >= 0.3 is 5.69 Å². The Morgan fingerprint density at radius 2 is 2.14 bits per heavy atom. The van der Waals surface area contributed by atoms with Gasteiger partial charge in [-0.2, -0.15) is 4.39 Å². The van der Waals surface area contributed by atoms with Crippen molar-refractivity contribution in [3.05, 3.63) is 30.9 Å². The van der Waals surface area contributed by atoms with Crippen LogP contribution in [-0.4, -0.2) is 12.0 Å². The van der Waals surface area contributed by atoms with E-state index < -0.39 is 16.4 Å². The molecule has 0 fully saturated rings. The van der Waals surface area contributed by atoms with Gasteiger partial charge in [-0.05, 0) is 37.9 Å². The second-order valence-electron chi connectivity index (χ2n) is 2.29. The zero-order valence-corrected chi connectivity index (χ0v) is 10.1. The highest BCUT2D eigenvalue weighted by atomic mass is 79.9. The largest absolute Gasteiger partial charge is 0.494 e. The summed E-state index contributed by atoms with van der Waals surface area (Å²) in [5.74, 6) is -0.729. The van der Waals surface area contributed by atoms with Crippen LogP contribution in [-0.2, 0) is 0 Å². The molecule has 0 bridgehead atoms. The second kappa shape index (κ2) is 4.22. The summed E-state index contributed by atoms with van der Waals surface area (Å²) in [5, 5.41) is 10.5. The molecule has 0 radical (unpaired) electrons. The lowest BCUT2D eigenvalue weighted by molar-refractivity contribution is -0.388. The van der Waals surface area contributed by atoms with E-state index in [9.17, 15) is 14.5 Å². The number of ether oxygens (including phenoxy) is 1. The first-order valence-corrected chi connectivity index (χ1v) is 4.93. The van der Waals surface area contributed by atoms with Crippen molar-refractivity contribution in [1.82, 2.24) is 0 Å². The minimum atomic E-state index is -0.922. The Labute approximate surface area is 95.5 Å². The summed E-state index contributed by atoms with van der Waals surface area (Å²) in [6, 6.07) is 0.988. The van der Waals surface area contributed by atoms with E-state index >= 15 is 0 Å². The molecule has 1 rings (SSSR count). The van der Waals surface area contributed by atoms with Gasteiger partial charge in [0.1, 0.15) is 4.47 Å². The number of nitrogens with zero attached hydrogens (tertiary/aromatic N) is 1. The minimum absolute atomic E-state index is 0.0168. The molecule has 7 heteroatoms. The molecule has 0 amide bonds. The summed E-state index contributed by atoms with van der Waals surface area (Å²) < 4.78 is 18.3. The van der Waals surface area contributed by atoms with Crippen LogP contribution in [0.1, 0.15) is 0 Å². The average molecular weight is 329 g/mol. The fourth-order valence-corrected chi connectivity index (χ4v) is 2.45. The van der Waals surface area contributed by atoms with Crippen LogP contribution in [0.4, 0.5) is 10.1 Å². The first kappa shape index (κ1) is 11.4. The molecule has 0 saturated carbocycles. The molecule has 0 aliphatic carbocycles. The van der Waals surface area contributed by atoms with Gasteiger partial charge in [-0.25, -0.2) is 0 Å². The smallest absolute Gasteiger partial charge is 0.322 e. The summed E-state index contributed by atoms with van der Waals surface area (Å²) in [4.78, 5) is 9.68. The van der Waals surface area contributed by atoms with Crippen molar-refractivity contribution in [2.75, 3.05) is 7.11 Å². The predicted octanol–water partition coefficient (Wildman–Crippen LogP) is 3.27. The maximum absolute atomic E-state index is 13.1. The lowest BCUT2D eigenvalue weighted by Gasteiger charge is -2.06. The Bertz CT molecular complexity index is 397. The molecule has 0 aliphatic heterocycles. The summed E-state index contributed by atoms with van der Waals surface area (Å²) in [6.07, 6.45) is 0. The number of halogens is 3. The molecule has 0 saturated heterocycles. The van der Waals surface area contributed by atoms with Crippen LogP contribution >= 0.6 is 31.9 Å². The van der Waals surface area contributed by atoms with Crippen LogP contribution < -0.4 is 4.74 Å². The Balaban J connectivity index is 3.52. The molecule has 1 aromatic rings. The van der Waals surface area contributed by atoms with Gasteiger partial charge in [-0.1, -0.05) is 0 Å². The van der Waals surface area contributed by atoms with Crippen LogP contribution in [0.5, 0.6) is 5.75 Å². The van der Waals surface area contributed by atoms with E-state index in [0.717, 1.165) is 6.07 Å². The zero-order chi connectivity index (χ0) is 10.9. The van der Waals surface area contributed by atoms with Gasteiger partial charge in [-0.3, -0.25) is 10.1 Å². The lowest BCUT2D eigenvalue weighted by atomic mass is 10.3. The average Bonchev–Trinajstić information content (AvgIpc) is 2.02. The third kappa shape index (κ3) is 1.88. The Morgan fingerprint density at radius 3 is 2.57 bits per heavy atom. The highest BCUT2D eigenvalue weighted by Gasteiger charge is 2.24. The van der Waals surface area contributed by atoms with Crippen molar-refractivity contribution < 1.29 is 14.1 Å². The van der Waals surface area contributed by atoms with Crippen molar-refractivity contribution in [2.45, 2.75) is 0 Å². The summed E-state index contributed by atoms with van der Waals surface area (Å²) >= 11 is 5.93. The maximum Gasteiger partial charge on any atom is 0.322 e. The SMILES string of the molecule is COc1c(Br)cc(F)c([N+](=O)[O-])c1Br. The van der Waals surface area contributed by atoms with Crippen molar-refractivity contribution in [1.29, 1.82) is 0 Å². The van der Waals surface area contributed by atoms with Gasteiger partial charge in [0.25, 0.3) is 0 Å². The van der Waals surface area contributed by atoms with E-state index in [1.165, 1.54) is 7.11 Å². The number of nitro groups is 1. The topological polar surface area (TPSA) is 52.4 Å². The molecule has 1 aromatic carbocycles. The normalized spacial score (nSPS) is 10.0. The Kier molecular flexibility index (Phi) is 3.43. The second-order valence-corrected chi connectivity index (χ2v) is 3.94. The monoisotopic (exact) mass is 327 g/mol. The maximum atomic E-state index is 13.1. The molecule has 0 atom stereocenters. The van der Waals surface area contributed by atoms with E-state index in [4.69, 9.17) is 4.74 Å². The number of hydrogen-bond acceptors (Lipinski definition) is 3. The molecular formula is C7H4Br2FNO3. The zero-order valence-electron chi connectivity index (χ0n) is 6.88. The molecule has 76 valence electrons. The van der Waals surface area contributed by atoms with Crippen molar-refractivity contribution in [3.8, 4) is 5.75 Å². The number of nitro benzene ring substituents is 1. The highest BCUT2D eigenvalue weighted by molar-refractivity contribution is 9.11. The molecule has 0 heterocycles. The Hall–Kier alpha value is -0.690. The van der Waals surface area contributed by atoms with Crippen LogP contribution in [0.3, 0.4) is 0 Å². The first-order chi connectivity index (χ1) is 6.49. The minimum Gasteiger partial charge on any atom is -0.494 e. The molecular weight excluding hydrogens is 325 g/mol. The quantitative estimate of drug-likeness (QED) is 0.618. The summed E-state index contributed by atoms with van der Waals surface area (Å²) in [6.45, 7) is 0. The number of hydrogen-bond donors (Lipinski definition) is 0. The summed E-state index contributed by atoms with van der Waals surface area (Å²) in [5.41, 5.74) is -0.634. The lowest BCUT2D eigenvalue weighted by Crippen LogP contribution is -1.97. The molecule has 14 heavy (non-hydrogen) atoms. The van der Waals surface area contributed by atoms with Gasteiger partial charge < -0.3 is 4.74 Å². The van der Waals surface area contributed by atoms with Gasteiger partial charge in [0.2, 0.25) is 5.82 Å². The van der Waals surface area contributed by atoms with Crippen molar-refractivity contribution in [2.24, 2.45) is 0 Å². The van der Waals surface area contributed by atoms with E-state index in [2.05, 4.69) is 31.9 Å². The molecule has 4 nitrogen and oxygen atoms in total. The van der Waals surface area contributed by atoms with Crippen LogP contribution in [0.15, 0.2) is 15.0 Å². The molecule has 0 aliphatic rings. The van der Waals surface area contributed by atoms with Gasteiger partial charge in [0, 0.05) is 0 Å². The number of benzene rings is 1. The predicted molar refractivity (Wildman–Crippen MR) is 55.0 cm³/mol. The number of rotatable bonds is 2. The van der Waals surface area contributed by atoms with Gasteiger partial charge in [0.05, 0.1) is 16.5 Å². The number of methoxy groups -OCH3 is 1. The molecule has 0 unspecified atom stereocenters. The summed E-state index contributed by atoms with van der Waals surface area (Å²) in [7, 11) is 1.34. The van der Waals surface area contributed by atoms with Crippen LogP contribution in [0, 0.1) is 15.9 Å². The highest BCUT2D eigenvalue weighted by Crippen LogP contribution is 2.41. The molecule has 0 spiro atoms. The first-order valence-electron chi connectivity index (χ1n) is 3.35. The van der Waals surface area contributed by atoms with Gasteiger partial charge in [0.15, 0.2) is 5.75 Å². The van der Waals surface area contributed by atoms with Crippen LogP contribution in [0.25, 0.3) is 0 Å².